The molecule has 1 aromatic heterocycles. The molecule has 0 radical (unpaired) electrons. The Labute approximate surface area is 139 Å². The quantitative estimate of drug-likeness (QED) is 0.830. The first-order valence-corrected chi connectivity index (χ1v) is 7.27. The number of nitrogens with one attached hydrogen (secondary N) is 1. The molecule has 0 bridgehead atoms. The van der Waals surface area contributed by atoms with E-state index in [4.69, 9.17) is 17.3 Å². The average molecular weight is 357 g/mol. The third-order valence-electron chi connectivity index (χ3n) is 3.62. The fraction of sp³-hybridized carbons (Fsp3) is 0.200. The van der Waals surface area contributed by atoms with Crippen LogP contribution in [0.4, 0.5) is 13.2 Å². The van der Waals surface area contributed by atoms with Crippen molar-refractivity contribution in [2.75, 3.05) is 0 Å². The summed E-state index contributed by atoms with van der Waals surface area (Å²) in [5, 5.41) is 0.616. The Morgan fingerprint density at radius 2 is 2.12 bits per heavy atom. The number of benzene rings is 1. The van der Waals surface area contributed by atoms with Gasteiger partial charge in [-0.15, -0.1) is 0 Å². The number of primary amides is 1. The summed E-state index contributed by atoms with van der Waals surface area (Å²) in [5.74, 6) is -0.596. The molecule has 1 amide bonds. The number of halogens is 4. The van der Waals surface area contributed by atoms with E-state index < -0.39 is 23.8 Å². The topological polar surface area (TPSA) is 74.5 Å². The monoisotopic (exact) mass is 356 g/mol. The summed E-state index contributed by atoms with van der Waals surface area (Å²) in [4.78, 5) is 19.2. The summed E-state index contributed by atoms with van der Waals surface area (Å²) in [6.07, 6.45) is -1.63. The van der Waals surface area contributed by atoms with Crippen LogP contribution in [0.25, 0.3) is 10.9 Å². The largest absolute Gasteiger partial charge is 0.431 e. The summed E-state index contributed by atoms with van der Waals surface area (Å²) < 4.78 is 38.3. The zero-order valence-electron chi connectivity index (χ0n) is 12.1. The molecule has 9 heteroatoms. The minimum atomic E-state index is -4.43. The number of rotatable bonds is 3. The van der Waals surface area contributed by atoms with E-state index in [2.05, 4.69) is 9.98 Å². The van der Waals surface area contributed by atoms with Gasteiger partial charge in [-0.3, -0.25) is 4.79 Å². The lowest BCUT2D eigenvalue weighted by Gasteiger charge is -2.28. The van der Waals surface area contributed by atoms with Crippen molar-refractivity contribution < 1.29 is 18.0 Å². The smallest absolute Gasteiger partial charge is 0.368 e. The highest BCUT2D eigenvalue weighted by Crippen LogP contribution is 2.31. The Balaban J connectivity index is 1.89. The molecular formula is C15H12ClF3N4O. The molecule has 0 aliphatic carbocycles. The van der Waals surface area contributed by atoms with Crippen LogP contribution >= 0.6 is 11.6 Å². The van der Waals surface area contributed by atoms with Gasteiger partial charge in [0.25, 0.3) is 0 Å². The van der Waals surface area contributed by atoms with E-state index in [0.29, 0.717) is 16.5 Å². The highest BCUT2D eigenvalue weighted by Gasteiger charge is 2.32. The van der Waals surface area contributed by atoms with Gasteiger partial charge in [-0.1, -0.05) is 17.7 Å². The zero-order chi connectivity index (χ0) is 17.5. The van der Waals surface area contributed by atoms with Gasteiger partial charge in [-0.2, -0.15) is 13.2 Å². The summed E-state index contributed by atoms with van der Waals surface area (Å²) >= 11 is 5.84. The standard InChI is InChI=1S/C15H12ClF3N4O/c16-13-7-23(11(5-21-13)14(20)24)6-8-1-2-10-9(3-8)4-12(22-10)15(17,18)19/h1-5,7,11,22H,6H2,(H2,20,24). The number of alkyl halides is 3. The molecule has 3 rings (SSSR count). The first kappa shape index (κ1) is 16.4. The summed E-state index contributed by atoms with van der Waals surface area (Å²) in [5.41, 5.74) is 5.60. The molecule has 0 spiro atoms. The molecule has 126 valence electrons. The number of amides is 1. The number of hydrogen-bond donors (Lipinski definition) is 2. The second kappa shape index (κ2) is 5.86. The van der Waals surface area contributed by atoms with Crippen molar-refractivity contribution >= 4 is 34.6 Å². The van der Waals surface area contributed by atoms with Crippen molar-refractivity contribution in [3.05, 3.63) is 46.9 Å². The highest BCUT2D eigenvalue weighted by molar-refractivity contribution is 6.30. The summed E-state index contributed by atoms with van der Waals surface area (Å²) in [7, 11) is 0. The van der Waals surface area contributed by atoms with E-state index in [-0.39, 0.29) is 11.7 Å². The lowest BCUT2D eigenvalue weighted by molar-refractivity contribution is -0.140. The van der Waals surface area contributed by atoms with Gasteiger partial charge in [-0.25, -0.2) is 4.99 Å². The molecule has 0 saturated carbocycles. The minimum Gasteiger partial charge on any atom is -0.368 e. The highest BCUT2D eigenvalue weighted by atomic mass is 35.5. The Hall–Kier alpha value is -2.48. The maximum atomic E-state index is 12.8. The van der Waals surface area contributed by atoms with E-state index in [9.17, 15) is 18.0 Å². The van der Waals surface area contributed by atoms with Crippen LogP contribution in [0.2, 0.25) is 0 Å². The van der Waals surface area contributed by atoms with Crippen LogP contribution in [-0.2, 0) is 17.5 Å². The van der Waals surface area contributed by atoms with E-state index in [0.717, 1.165) is 6.07 Å². The molecule has 0 fully saturated rings. The molecule has 1 aliphatic rings. The molecule has 1 aliphatic heterocycles. The van der Waals surface area contributed by atoms with E-state index in [1.807, 2.05) is 0 Å². The summed E-state index contributed by atoms with van der Waals surface area (Å²) in [6, 6.07) is 5.13. The van der Waals surface area contributed by atoms with Gasteiger partial charge in [0.1, 0.15) is 16.9 Å². The Morgan fingerprint density at radius 3 is 2.79 bits per heavy atom. The predicted octanol–water partition coefficient (Wildman–Crippen LogP) is 2.96. The van der Waals surface area contributed by atoms with Crippen LogP contribution in [0.5, 0.6) is 0 Å². The molecule has 1 atom stereocenters. The minimum absolute atomic E-state index is 0.189. The second-order valence-electron chi connectivity index (χ2n) is 5.35. The van der Waals surface area contributed by atoms with Gasteiger partial charge in [0, 0.05) is 29.9 Å². The molecule has 0 saturated heterocycles. The first-order valence-electron chi connectivity index (χ1n) is 6.89. The number of nitrogens with zero attached hydrogens (tertiary/aromatic N) is 2. The van der Waals surface area contributed by atoms with Crippen LogP contribution in [0.1, 0.15) is 11.3 Å². The normalized spacial score (nSPS) is 18.1. The van der Waals surface area contributed by atoms with Crippen molar-refractivity contribution in [1.82, 2.24) is 9.88 Å². The van der Waals surface area contributed by atoms with Crippen molar-refractivity contribution in [2.45, 2.75) is 18.8 Å². The Bertz CT molecular complexity index is 856. The number of carbonyl (C=O) groups excluding carboxylic acids is 1. The van der Waals surface area contributed by atoms with Gasteiger partial charge >= 0.3 is 6.18 Å². The van der Waals surface area contributed by atoms with Crippen LogP contribution in [0.3, 0.4) is 0 Å². The molecule has 24 heavy (non-hydrogen) atoms. The zero-order valence-corrected chi connectivity index (χ0v) is 12.9. The third kappa shape index (κ3) is 3.23. The first-order chi connectivity index (χ1) is 11.2. The van der Waals surface area contributed by atoms with E-state index >= 15 is 0 Å². The fourth-order valence-electron chi connectivity index (χ4n) is 2.50. The molecule has 2 heterocycles. The van der Waals surface area contributed by atoms with Gasteiger partial charge < -0.3 is 15.6 Å². The van der Waals surface area contributed by atoms with Gasteiger partial charge in [0.2, 0.25) is 5.91 Å². The number of carbonyl (C=O) groups is 1. The maximum Gasteiger partial charge on any atom is 0.431 e. The van der Waals surface area contributed by atoms with E-state index in [1.54, 1.807) is 23.1 Å². The van der Waals surface area contributed by atoms with Crippen LogP contribution in [0.15, 0.2) is 40.6 Å². The predicted molar refractivity (Wildman–Crippen MR) is 84.3 cm³/mol. The third-order valence-corrected chi connectivity index (χ3v) is 3.81. The number of aliphatic imine (C=N–C) groups is 1. The van der Waals surface area contributed by atoms with Gasteiger partial charge in [0.05, 0.1) is 0 Å². The number of fused-ring (bicyclic) bond motifs is 1. The second-order valence-corrected chi connectivity index (χ2v) is 5.74. The van der Waals surface area contributed by atoms with Crippen molar-refractivity contribution in [1.29, 1.82) is 0 Å². The molecule has 2 aromatic rings. The lowest BCUT2D eigenvalue weighted by Crippen LogP contribution is -2.44. The molecule has 1 unspecified atom stereocenters. The van der Waals surface area contributed by atoms with Crippen LogP contribution in [-0.4, -0.2) is 28.0 Å². The molecule has 3 N–H and O–H groups in total. The van der Waals surface area contributed by atoms with Crippen molar-refractivity contribution in [3.8, 4) is 0 Å². The van der Waals surface area contributed by atoms with E-state index in [1.165, 1.54) is 12.4 Å². The SMILES string of the molecule is NC(=O)C1C=NC(Cl)=CN1Cc1ccc2[nH]c(C(F)(F)F)cc2c1. The fourth-order valence-corrected chi connectivity index (χ4v) is 2.68. The van der Waals surface area contributed by atoms with Crippen molar-refractivity contribution in [2.24, 2.45) is 10.7 Å². The maximum absolute atomic E-state index is 12.8. The number of nitrogens with two attached hydrogens (primary N) is 1. The molecule has 5 nitrogen and oxygen atoms in total. The van der Waals surface area contributed by atoms with Gasteiger partial charge in [0.15, 0.2) is 0 Å². The Morgan fingerprint density at radius 1 is 1.38 bits per heavy atom. The van der Waals surface area contributed by atoms with Crippen LogP contribution in [0, 0.1) is 0 Å². The molecule has 1 aromatic carbocycles. The number of hydrogen-bond acceptors (Lipinski definition) is 3. The Kier molecular flexibility index (Phi) is 4.00. The molecular weight excluding hydrogens is 345 g/mol. The summed E-state index contributed by atoms with van der Waals surface area (Å²) in [6.45, 7) is 0.248. The van der Waals surface area contributed by atoms with Crippen LogP contribution < -0.4 is 5.73 Å². The average Bonchev–Trinajstić information content (AvgIpc) is 2.90. The number of aromatic nitrogens is 1. The number of H-pyrrole nitrogens is 1. The lowest BCUT2D eigenvalue weighted by atomic mass is 10.1. The van der Waals surface area contributed by atoms with Crippen molar-refractivity contribution in [3.63, 3.8) is 0 Å². The number of aromatic amines is 1. The van der Waals surface area contributed by atoms with Gasteiger partial charge in [-0.05, 0) is 23.8 Å².